The van der Waals surface area contributed by atoms with Gasteiger partial charge in [0.1, 0.15) is 0 Å². The van der Waals surface area contributed by atoms with Crippen molar-refractivity contribution in [3.63, 3.8) is 0 Å². The molecular weight excluding hydrogens is 242 g/mol. The molecule has 0 aliphatic heterocycles. The summed E-state index contributed by atoms with van der Waals surface area (Å²) in [4.78, 5) is 10.6. The Morgan fingerprint density at radius 2 is 1.68 bits per heavy atom. The number of hydrogen-bond acceptors (Lipinski definition) is 3. The SMILES string of the molecule is Cc1cc(C)c(C)c(C(O)C(N)CCC(=O)O)c1C. The van der Waals surface area contributed by atoms with Crippen LogP contribution in [-0.2, 0) is 4.79 Å². The lowest BCUT2D eigenvalue weighted by molar-refractivity contribution is -0.137. The number of aliphatic hydroxyl groups excluding tert-OH is 1. The van der Waals surface area contributed by atoms with Crippen LogP contribution < -0.4 is 5.73 Å². The largest absolute Gasteiger partial charge is 0.481 e. The molecule has 2 unspecified atom stereocenters. The number of rotatable bonds is 5. The molecule has 0 aromatic heterocycles. The van der Waals surface area contributed by atoms with Gasteiger partial charge in [0.2, 0.25) is 0 Å². The second kappa shape index (κ2) is 6.17. The summed E-state index contributed by atoms with van der Waals surface area (Å²) >= 11 is 0. The second-order valence-electron chi connectivity index (χ2n) is 5.22. The molecule has 1 aromatic rings. The number of nitrogens with two attached hydrogens (primary N) is 1. The molecule has 4 N–H and O–H groups in total. The maximum atomic E-state index is 10.6. The molecule has 1 rings (SSSR count). The first-order chi connectivity index (χ1) is 8.75. The van der Waals surface area contributed by atoms with Gasteiger partial charge in [-0.1, -0.05) is 6.07 Å². The highest BCUT2D eigenvalue weighted by Gasteiger charge is 2.22. The zero-order chi connectivity index (χ0) is 14.7. The summed E-state index contributed by atoms with van der Waals surface area (Å²) in [5.41, 5.74) is 11.1. The Morgan fingerprint density at radius 3 is 2.11 bits per heavy atom. The van der Waals surface area contributed by atoms with Crippen molar-refractivity contribution in [3.05, 3.63) is 33.9 Å². The molecule has 0 fully saturated rings. The van der Waals surface area contributed by atoms with E-state index in [1.54, 1.807) is 0 Å². The van der Waals surface area contributed by atoms with E-state index < -0.39 is 18.1 Å². The van der Waals surface area contributed by atoms with Crippen molar-refractivity contribution >= 4 is 5.97 Å². The topological polar surface area (TPSA) is 83.5 Å². The molecule has 1 aromatic carbocycles. The third-order valence-electron chi connectivity index (χ3n) is 3.82. The van der Waals surface area contributed by atoms with Gasteiger partial charge in [0.05, 0.1) is 6.10 Å². The summed E-state index contributed by atoms with van der Waals surface area (Å²) in [6, 6.07) is 1.53. The number of benzene rings is 1. The number of aliphatic carboxylic acids is 1. The van der Waals surface area contributed by atoms with Crippen LogP contribution in [0.25, 0.3) is 0 Å². The van der Waals surface area contributed by atoms with Gasteiger partial charge in [0, 0.05) is 12.5 Å². The first kappa shape index (κ1) is 15.7. The molecule has 0 spiro atoms. The molecule has 0 heterocycles. The number of aryl methyl sites for hydroxylation is 2. The Bertz CT molecular complexity index is 457. The summed E-state index contributed by atoms with van der Waals surface area (Å²) < 4.78 is 0. The average Bonchev–Trinajstić information content (AvgIpc) is 2.33. The minimum absolute atomic E-state index is 0.0267. The molecule has 2 atom stereocenters. The summed E-state index contributed by atoms with van der Waals surface area (Å²) in [5.74, 6) is -0.892. The van der Waals surface area contributed by atoms with Crippen molar-refractivity contribution < 1.29 is 15.0 Å². The van der Waals surface area contributed by atoms with Crippen LogP contribution in [0.2, 0.25) is 0 Å². The van der Waals surface area contributed by atoms with E-state index in [0.29, 0.717) is 0 Å². The number of carboxylic acids is 1. The van der Waals surface area contributed by atoms with Gasteiger partial charge in [0.25, 0.3) is 0 Å². The predicted octanol–water partition coefficient (Wildman–Crippen LogP) is 2.15. The Hall–Kier alpha value is -1.39. The lowest BCUT2D eigenvalue weighted by atomic mass is 9.87. The molecule has 4 heteroatoms. The van der Waals surface area contributed by atoms with Gasteiger partial charge in [-0.25, -0.2) is 0 Å². The van der Waals surface area contributed by atoms with Crippen LogP contribution >= 0.6 is 0 Å². The van der Waals surface area contributed by atoms with Crippen LogP contribution in [0.4, 0.5) is 0 Å². The normalized spacial score (nSPS) is 14.2. The van der Waals surface area contributed by atoms with Crippen molar-refractivity contribution in [3.8, 4) is 0 Å². The van der Waals surface area contributed by atoms with Crippen LogP contribution in [0, 0.1) is 27.7 Å². The van der Waals surface area contributed by atoms with Gasteiger partial charge in [-0.2, -0.15) is 0 Å². The highest BCUT2D eigenvalue weighted by molar-refractivity contribution is 5.66. The van der Waals surface area contributed by atoms with E-state index in [-0.39, 0.29) is 12.8 Å². The van der Waals surface area contributed by atoms with E-state index in [1.807, 2.05) is 27.7 Å². The predicted molar refractivity (Wildman–Crippen MR) is 75.2 cm³/mol. The number of carboxylic acid groups (broad SMARTS) is 1. The Labute approximate surface area is 114 Å². The fourth-order valence-corrected chi connectivity index (χ4v) is 2.35. The molecule has 0 saturated carbocycles. The molecule has 0 aliphatic carbocycles. The van der Waals surface area contributed by atoms with Crippen molar-refractivity contribution in [2.75, 3.05) is 0 Å². The average molecular weight is 265 g/mol. The first-order valence-electron chi connectivity index (χ1n) is 6.48. The van der Waals surface area contributed by atoms with E-state index in [0.717, 1.165) is 27.8 Å². The quantitative estimate of drug-likeness (QED) is 0.761. The van der Waals surface area contributed by atoms with Crippen LogP contribution in [0.5, 0.6) is 0 Å². The van der Waals surface area contributed by atoms with E-state index in [4.69, 9.17) is 10.8 Å². The van der Waals surface area contributed by atoms with Crippen molar-refractivity contribution in [1.29, 1.82) is 0 Å². The van der Waals surface area contributed by atoms with Gasteiger partial charge < -0.3 is 15.9 Å². The summed E-state index contributed by atoms with van der Waals surface area (Å²) in [5, 5.41) is 19.1. The van der Waals surface area contributed by atoms with Gasteiger partial charge in [-0.15, -0.1) is 0 Å². The van der Waals surface area contributed by atoms with Gasteiger partial charge in [-0.05, 0) is 61.9 Å². The molecule has 106 valence electrons. The highest BCUT2D eigenvalue weighted by Crippen LogP contribution is 2.29. The van der Waals surface area contributed by atoms with E-state index >= 15 is 0 Å². The smallest absolute Gasteiger partial charge is 0.303 e. The number of carbonyl (C=O) groups is 1. The molecule has 19 heavy (non-hydrogen) atoms. The number of aliphatic hydroxyl groups is 1. The lowest BCUT2D eigenvalue weighted by Gasteiger charge is -2.24. The van der Waals surface area contributed by atoms with Crippen molar-refractivity contribution in [1.82, 2.24) is 0 Å². The van der Waals surface area contributed by atoms with Crippen LogP contribution in [-0.4, -0.2) is 22.2 Å². The minimum Gasteiger partial charge on any atom is -0.481 e. The summed E-state index contributed by atoms with van der Waals surface area (Å²) in [6.07, 6.45) is -0.582. The fourth-order valence-electron chi connectivity index (χ4n) is 2.35. The monoisotopic (exact) mass is 265 g/mol. The Kier molecular flexibility index (Phi) is 5.09. The minimum atomic E-state index is -0.892. The third kappa shape index (κ3) is 3.55. The zero-order valence-electron chi connectivity index (χ0n) is 12.0. The maximum absolute atomic E-state index is 10.6. The number of hydrogen-bond donors (Lipinski definition) is 3. The lowest BCUT2D eigenvalue weighted by Crippen LogP contribution is -2.30. The molecule has 0 radical (unpaired) electrons. The van der Waals surface area contributed by atoms with Crippen molar-refractivity contribution in [2.45, 2.75) is 52.7 Å². The summed E-state index contributed by atoms with van der Waals surface area (Å²) in [6.45, 7) is 7.93. The Balaban J connectivity index is 3.05. The highest BCUT2D eigenvalue weighted by atomic mass is 16.4. The molecule has 0 aliphatic rings. The van der Waals surface area contributed by atoms with Crippen LogP contribution in [0.3, 0.4) is 0 Å². The van der Waals surface area contributed by atoms with Gasteiger partial charge in [0.15, 0.2) is 0 Å². The standard InChI is InChI=1S/C15H23NO3/c1-8-7-9(2)11(4)14(10(8)3)15(19)12(16)5-6-13(17)18/h7,12,15,19H,5-6,16H2,1-4H3,(H,17,18). The van der Waals surface area contributed by atoms with E-state index in [1.165, 1.54) is 0 Å². The molecule has 0 saturated heterocycles. The molecule has 0 bridgehead atoms. The van der Waals surface area contributed by atoms with E-state index in [9.17, 15) is 9.90 Å². The molecule has 0 amide bonds. The van der Waals surface area contributed by atoms with E-state index in [2.05, 4.69) is 6.07 Å². The Morgan fingerprint density at radius 1 is 1.21 bits per heavy atom. The fraction of sp³-hybridized carbons (Fsp3) is 0.533. The first-order valence-corrected chi connectivity index (χ1v) is 6.48. The molecule has 4 nitrogen and oxygen atoms in total. The second-order valence-corrected chi connectivity index (χ2v) is 5.22. The zero-order valence-corrected chi connectivity index (χ0v) is 12.0. The summed E-state index contributed by atoms with van der Waals surface area (Å²) in [7, 11) is 0. The van der Waals surface area contributed by atoms with Crippen LogP contribution in [0.15, 0.2) is 6.07 Å². The maximum Gasteiger partial charge on any atom is 0.303 e. The van der Waals surface area contributed by atoms with Crippen LogP contribution in [0.1, 0.15) is 46.8 Å². The van der Waals surface area contributed by atoms with Gasteiger partial charge >= 0.3 is 5.97 Å². The van der Waals surface area contributed by atoms with Gasteiger partial charge in [-0.3, -0.25) is 4.79 Å². The van der Waals surface area contributed by atoms with Crippen molar-refractivity contribution in [2.24, 2.45) is 5.73 Å². The molecular formula is C15H23NO3. The third-order valence-corrected chi connectivity index (χ3v) is 3.82.